The first kappa shape index (κ1) is 13.7. The van der Waals surface area contributed by atoms with Crippen LogP contribution in [0.3, 0.4) is 0 Å². The molecule has 0 spiro atoms. The fourth-order valence-corrected chi connectivity index (χ4v) is 1.68. The lowest BCUT2D eigenvalue weighted by Gasteiger charge is -2.28. The molecule has 0 aliphatic rings. The predicted octanol–water partition coefficient (Wildman–Crippen LogP) is 3.76. The van der Waals surface area contributed by atoms with Crippen molar-refractivity contribution < 1.29 is 0 Å². The van der Waals surface area contributed by atoms with Gasteiger partial charge in [-0.25, -0.2) is 0 Å². The highest BCUT2D eigenvalue weighted by atomic mass is 14.9. The Hall–Kier alpha value is -0.300. The van der Waals surface area contributed by atoms with Gasteiger partial charge in [0, 0.05) is 5.54 Å². The Kier molecular flexibility index (Phi) is 4.87. The zero-order valence-electron chi connectivity index (χ0n) is 10.8. The van der Waals surface area contributed by atoms with Gasteiger partial charge in [0.2, 0.25) is 0 Å². The van der Waals surface area contributed by atoms with Crippen LogP contribution in [-0.2, 0) is 0 Å². The van der Waals surface area contributed by atoms with Crippen molar-refractivity contribution in [2.24, 2.45) is 5.41 Å². The van der Waals surface area contributed by atoms with Gasteiger partial charge in [-0.1, -0.05) is 19.4 Å². The molecule has 0 amide bonds. The number of hydrogen-bond acceptors (Lipinski definition) is 1. The van der Waals surface area contributed by atoms with Crippen LogP contribution in [0, 0.1) is 5.41 Å². The maximum atomic E-state index is 3.98. The minimum Gasteiger partial charge on any atom is -0.312 e. The molecule has 0 radical (unpaired) electrons. The first-order valence-corrected chi connectivity index (χ1v) is 5.52. The normalized spacial score (nSPS) is 13.0. The van der Waals surface area contributed by atoms with Crippen molar-refractivity contribution in [3.63, 3.8) is 0 Å². The monoisotopic (exact) mass is 197 g/mol. The van der Waals surface area contributed by atoms with E-state index in [1.165, 1.54) is 12.0 Å². The van der Waals surface area contributed by atoms with Gasteiger partial charge in [-0.3, -0.25) is 0 Å². The predicted molar refractivity (Wildman–Crippen MR) is 65.6 cm³/mol. The second kappa shape index (κ2) is 4.97. The van der Waals surface area contributed by atoms with E-state index in [4.69, 9.17) is 0 Å². The standard InChI is InChI=1S/C13H27N/c1-11(2)10-13(6,7)8-9-14-12(3,4)5/h14H,1,8-10H2,2-7H3. The molecule has 0 bridgehead atoms. The van der Waals surface area contributed by atoms with E-state index in [1.807, 2.05) is 0 Å². The fraction of sp³-hybridized carbons (Fsp3) is 0.846. The molecule has 0 atom stereocenters. The second-order valence-electron chi connectivity index (χ2n) is 6.22. The molecule has 84 valence electrons. The molecule has 0 saturated heterocycles. The van der Waals surface area contributed by atoms with E-state index < -0.39 is 0 Å². The zero-order chi connectivity index (χ0) is 11.4. The summed E-state index contributed by atoms with van der Waals surface area (Å²) in [6.07, 6.45) is 2.33. The molecule has 0 aromatic heterocycles. The first-order valence-electron chi connectivity index (χ1n) is 5.52. The lowest BCUT2D eigenvalue weighted by molar-refractivity contribution is 0.302. The molecular weight excluding hydrogens is 170 g/mol. The fourth-order valence-electron chi connectivity index (χ4n) is 1.68. The summed E-state index contributed by atoms with van der Waals surface area (Å²) < 4.78 is 0. The maximum absolute atomic E-state index is 3.98. The number of nitrogens with one attached hydrogen (secondary N) is 1. The second-order valence-corrected chi connectivity index (χ2v) is 6.22. The molecule has 0 heterocycles. The largest absolute Gasteiger partial charge is 0.312 e. The van der Waals surface area contributed by atoms with Crippen molar-refractivity contribution in [3.05, 3.63) is 12.2 Å². The molecule has 0 aromatic rings. The molecule has 0 rings (SSSR count). The molecule has 0 aromatic carbocycles. The molecule has 0 aliphatic carbocycles. The van der Waals surface area contributed by atoms with Crippen LogP contribution in [0.5, 0.6) is 0 Å². The number of rotatable bonds is 5. The average Bonchev–Trinajstić information content (AvgIpc) is 1.78. The Morgan fingerprint density at radius 1 is 1.14 bits per heavy atom. The van der Waals surface area contributed by atoms with Gasteiger partial charge < -0.3 is 5.32 Å². The molecule has 14 heavy (non-hydrogen) atoms. The van der Waals surface area contributed by atoms with E-state index in [-0.39, 0.29) is 5.54 Å². The maximum Gasteiger partial charge on any atom is 0.00965 e. The van der Waals surface area contributed by atoms with Gasteiger partial charge in [0.1, 0.15) is 0 Å². The van der Waals surface area contributed by atoms with Gasteiger partial charge in [0.05, 0.1) is 0 Å². The Morgan fingerprint density at radius 2 is 1.64 bits per heavy atom. The third-order valence-electron chi connectivity index (χ3n) is 2.24. The van der Waals surface area contributed by atoms with Crippen molar-refractivity contribution in [3.8, 4) is 0 Å². The van der Waals surface area contributed by atoms with Crippen LogP contribution in [-0.4, -0.2) is 12.1 Å². The van der Waals surface area contributed by atoms with Crippen molar-refractivity contribution in [2.45, 2.75) is 59.9 Å². The lowest BCUT2D eigenvalue weighted by Crippen LogP contribution is -2.37. The van der Waals surface area contributed by atoms with Crippen LogP contribution in [0.2, 0.25) is 0 Å². The topological polar surface area (TPSA) is 12.0 Å². The van der Waals surface area contributed by atoms with Crippen LogP contribution < -0.4 is 5.32 Å². The van der Waals surface area contributed by atoms with Crippen LogP contribution in [0.4, 0.5) is 0 Å². The minimum absolute atomic E-state index is 0.235. The van der Waals surface area contributed by atoms with Gasteiger partial charge in [0.15, 0.2) is 0 Å². The van der Waals surface area contributed by atoms with E-state index in [9.17, 15) is 0 Å². The molecule has 1 heteroatoms. The highest BCUT2D eigenvalue weighted by Crippen LogP contribution is 2.27. The summed E-state index contributed by atoms with van der Waals surface area (Å²) in [7, 11) is 0. The van der Waals surface area contributed by atoms with Gasteiger partial charge >= 0.3 is 0 Å². The molecule has 0 saturated carbocycles. The summed E-state index contributed by atoms with van der Waals surface area (Å²) in [4.78, 5) is 0. The van der Waals surface area contributed by atoms with E-state index >= 15 is 0 Å². The van der Waals surface area contributed by atoms with Crippen molar-refractivity contribution in [1.29, 1.82) is 0 Å². The molecule has 0 aliphatic heterocycles. The van der Waals surface area contributed by atoms with Crippen molar-refractivity contribution >= 4 is 0 Å². The van der Waals surface area contributed by atoms with Gasteiger partial charge in [-0.05, 0) is 52.5 Å². The summed E-state index contributed by atoms with van der Waals surface area (Å²) in [5, 5.41) is 3.52. The summed E-state index contributed by atoms with van der Waals surface area (Å²) in [6.45, 7) is 18.4. The van der Waals surface area contributed by atoms with E-state index in [2.05, 4.69) is 53.4 Å². The summed E-state index contributed by atoms with van der Waals surface area (Å²) in [5.74, 6) is 0. The minimum atomic E-state index is 0.235. The SMILES string of the molecule is C=C(C)CC(C)(C)CCNC(C)(C)C. The highest BCUT2D eigenvalue weighted by Gasteiger charge is 2.18. The van der Waals surface area contributed by atoms with E-state index in [0.717, 1.165) is 13.0 Å². The Balaban J connectivity index is 3.82. The van der Waals surface area contributed by atoms with Crippen LogP contribution >= 0.6 is 0 Å². The quantitative estimate of drug-likeness (QED) is 0.662. The molecule has 0 unspecified atom stereocenters. The number of allylic oxidation sites excluding steroid dienone is 1. The average molecular weight is 197 g/mol. The Labute approximate surface area is 90.0 Å². The van der Waals surface area contributed by atoms with Crippen LogP contribution in [0.1, 0.15) is 54.4 Å². The third kappa shape index (κ3) is 8.31. The van der Waals surface area contributed by atoms with E-state index in [1.54, 1.807) is 0 Å². The van der Waals surface area contributed by atoms with Crippen molar-refractivity contribution in [2.75, 3.05) is 6.54 Å². The Morgan fingerprint density at radius 3 is 2.00 bits per heavy atom. The summed E-state index contributed by atoms with van der Waals surface area (Å²) in [5.41, 5.74) is 1.90. The smallest absolute Gasteiger partial charge is 0.00965 e. The van der Waals surface area contributed by atoms with E-state index in [0.29, 0.717) is 5.41 Å². The molecule has 0 fully saturated rings. The molecule has 1 nitrogen and oxygen atoms in total. The van der Waals surface area contributed by atoms with Gasteiger partial charge in [-0.15, -0.1) is 6.58 Å². The highest BCUT2D eigenvalue weighted by molar-refractivity contribution is 4.94. The molecular formula is C13H27N. The molecule has 1 N–H and O–H groups in total. The Bertz CT molecular complexity index is 184. The first-order chi connectivity index (χ1) is 6.12. The van der Waals surface area contributed by atoms with Crippen LogP contribution in [0.25, 0.3) is 0 Å². The van der Waals surface area contributed by atoms with Crippen LogP contribution in [0.15, 0.2) is 12.2 Å². The van der Waals surface area contributed by atoms with Crippen molar-refractivity contribution in [1.82, 2.24) is 5.32 Å². The van der Waals surface area contributed by atoms with Gasteiger partial charge in [0.25, 0.3) is 0 Å². The lowest BCUT2D eigenvalue weighted by atomic mass is 9.83. The summed E-state index contributed by atoms with van der Waals surface area (Å²) in [6, 6.07) is 0. The number of hydrogen-bond donors (Lipinski definition) is 1. The van der Waals surface area contributed by atoms with Gasteiger partial charge in [-0.2, -0.15) is 0 Å². The summed E-state index contributed by atoms with van der Waals surface area (Å²) >= 11 is 0. The zero-order valence-corrected chi connectivity index (χ0v) is 10.8. The third-order valence-corrected chi connectivity index (χ3v) is 2.24.